The molecule has 0 saturated heterocycles. The van der Waals surface area contributed by atoms with Crippen LogP contribution >= 0.6 is 0 Å². The van der Waals surface area contributed by atoms with Gasteiger partial charge in [-0.05, 0) is 36.8 Å². The lowest BCUT2D eigenvalue weighted by molar-refractivity contribution is 0.310. The Kier molecular flexibility index (Phi) is 4.82. The van der Waals surface area contributed by atoms with Crippen LogP contribution in [0.3, 0.4) is 0 Å². The Morgan fingerprint density at radius 3 is 2.60 bits per heavy atom. The minimum Gasteiger partial charge on any atom is -0.493 e. The number of rotatable bonds is 6. The maximum absolute atomic E-state index is 13.5. The molecule has 3 nitrogen and oxygen atoms in total. The average molecular weight is 275 g/mol. The van der Waals surface area contributed by atoms with E-state index >= 15 is 0 Å². The van der Waals surface area contributed by atoms with Crippen LogP contribution < -0.4 is 14.8 Å². The van der Waals surface area contributed by atoms with Crippen LogP contribution in [0.25, 0.3) is 0 Å². The normalized spacial score (nSPS) is 10.2. The van der Waals surface area contributed by atoms with Gasteiger partial charge in [-0.2, -0.15) is 0 Å². The molecule has 0 atom stereocenters. The van der Waals surface area contributed by atoms with Gasteiger partial charge in [-0.25, -0.2) is 4.39 Å². The Balaban J connectivity index is 2.08. The highest BCUT2D eigenvalue weighted by Gasteiger charge is 2.06. The van der Waals surface area contributed by atoms with Gasteiger partial charge < -0.3 is 14.8 Å². The van der Waals surface area contributed by atoms with Crippen molar-refractivity contribution >= 4 is 5.69 Å². The number of nitrogens with one attached hydrogen (secondary N) is 1. The lowest BCUT2D eigenvalue weighted by atomic mass is 10.2. The first-order chi connectivity index (χ1) is 9.74. The van der Waals surface area contributed by atoms with Crippen molar-refractivity contribution in [2.75, 3.05) is 19.0 Å². The van der Waals surface area contributed by atoms with E-state index in [-0.39, 0.29) is 5.82 Å². The molecule has 20 heavy (non-hydrogen) atoms. The molecule has 0 bridgehead atoms. The van der Waals surface area contributed by atoms with Crippen molar-refractivity contribution in [1.29, 1.82) is 0 Å². The summed E-state index contributed by atoms with van der Waals surface area (Å²) in [4.78, 5) is 0. The second-order valence-corrected chi connectivity index (χ2v) is 4.25. The molecule has 0 aliphatic heterocycles. The Labute approximate surface area is 118 Å². The molecular formula is C16H18FNO2. The number of hydrogen-bond donors (Lipinski definition) is 1. The van der Waals surface area contributed by atoms with Crippen LogP contribution in [0.15, 0.2) is 42.5 Å². The third-order valence-corrected chi connectivity index (χ3v) is 2.88. The zero-order valence-electron chi connectivity index (χ0n) is 11.7. The lowest BCUT2D eigenvalue weighted by Crippen LogP contribution is -2.02. The first-order valence-corrected chi connectivity index (χ1v) is 6.52. The molecule has 0 saturated carbocycles. The summed E-state index contributed by atoms with van der Waals surface area (Å²) in [6.45, 7) is 3.03. The molecule has 1 N–H and O–H groups in total. The van der Waals surface area contributed by atoms with E-state index in [0.717, 1.165) is 5.56 Å². The third-order valence-electron chi connectivity index (χ3n) is 2.88. The molecular weight excluding hydrogens is 257 g/mol. The topological polar surface area (TPSA) is 30.5 Å². The maximum Gasteiger partial charge on any atom is 0.161 e. The molecule has 0 radical (unpaired) electrons. The number of para-hydroxylation sites is 1. The van der Waals surface area contributed by atoms with Crippen molar-refractivity contribution in [2.45, 2.75) is 13.5 Å². The van der Waals surface area contributed by atoms with Gasteiger partial charge >= 0.3 is 0 Å². The number of hydrogen-bond acceptors (Lipinski definition) is 3. The summed E-state index contributed by atoms with van der Waals surface area (Å²) in [6.07, 6.45) is 0. The standard InChI is InChI=1S/C16H18FNO2/c1-3-20-15-9-8-12(10-16(15)19-2)11-18-14-7-5-4-6-13(14)17/h4-10,18H,3,11H2,1-2H3. The molecule has 0 aromatic heterocycles. The van der Waals surface area contributed by atoms with Crippen LogP contribution in [0.1, 0.15) is 12.5 Å². The first kappa shape index (κ1) is 14.2. The van der Waals surface area contributed by atoms with Gasteiger partial charge in [0, 0.05) is 6.54 Å². The molecule has 0 spiro atoms. The summed E-state index contributed by atoms with van der Waals surface area (Å²) in [5, 5.41) is 3.06. The van der Waals surface area contributed by atoms with Gasteiger partial charge in [-0.15, -0.1) is 0 Å². The van der Waals surface area contributed by atoms with Crippen molar-refractivity contribution in [1.82, 2.24) is 0 Å². The van der Waals surface area contributed by atoms with E-state index in [2.05, 4.69) is 5.32 Å². The molecule has 0 unspecified atom stereocenters. The number of benzene rings is 2. The fourth-order valence-electron chi connectivity index (χ4n) is 1.90. The summed E-state index contributed by atoms with van der Waals surface area (Å²) >= 11 is 0. The SMILES string of the molecule is CCOc1ccc(CNc2ccccc2F)cc1OC. The summed E-state index contributed by atoms with van der Waals surface area (Å²) in [5.41, 5.74) is 1.48. The largest absolute Gasteiger partial charge is 0.493 e. The fraction of sp³-hybridized carbons (Fsp3) is 0.250. The number of halogens is 1. The van der Waals surface area contributed by atoms with Crippen LogP contribution in [0.2, 0.25) is 0 Å². The monoisotopic (exact) mass is 275 g/mol. The van der Waals surface area contributed by atoms with E-state index in [9.17, 15) is 4.39 Å². The van der Waals surface area contributed by atoms with Crippen LogP contribution in [-0.4, -0.2) is 13.7 Å². The van der Waals surface area contributed by atoms with Crippen LogP contribution in [0.5, 0.6) is 11.5 Å². The van der Waals surface area contributed by atoms with Crippen molar-refractivity contribution in [2.24, 2.45) is 0 Å². The Morgan fingerprint density at radius 1 is 1.10 bits per heavy atom. The summed E-state index contributed by atoms with van der Waals surface area (Å²) in [6, 6.07) is 12.3. The lowest BCUT2D eigenvalue weighted by Gasteiger charge is -2.12. The minimum absolute atomic E-state index is 0.259. The summed E-state index contributed by atoms with van der Waals surface area (Å²) < 4.78 is 24.2. The Hall–Kier alpha value is -2.23. The average Bonchev–Trinajstić information content (AvgIpc) is 2.48. The molecule has 2 rings (SSSR count). The van der Waals surface area contributed by atoms with Crippen LogP contribution in [0.4, 0.5) is 10.1 Å². The number of ether oxygens (including phenoxy) is 2. The van der Waals surface area contributed by atoms with E-state index in [0.29, 0.717) is 30.3 Å². The van der Waals surface area contributed by atoms with E-state index in [1.807, 2.05) is 25.1 Å². The van der Waals surface area contributed by atoms with E-state index in [4.69, 9.17) is 9.47 Å². The molecule has 2 aromatic rings. The molecule has 0 aliphatic carbocycles. The number of methoxy groups -OCH3 is 1. The zero-order valence-corrected chi connectivity index (χ0v) is 11.7. The van der Waals surface area contributed by atoms with Gasteiger partial charge in [-0.3, -0.25) is 0 Å². The fourth-order valence-corrected chi connectivity index (χ4v) is 1.90. The van der Waals surface area contributed by atoms with Crippen molar-refractivity contribution < 1.29 is 13.9 Å². The molecule has 4 heteroatoms. The quantitative estimate of drug-likeness (QED) is 0.868. The van der Waals surface area contributed by atoms with Gasteiger partial charge in [0.1, 0.15) is 5.82 Å². The summed E-state index contributed by atoms with van der Waals surface area (Å²) in [5.74, 6) is 1.13. The van der Waals surface area contributed by atoms with E-state index in [1.165, 1.54) is 6.07 Å². The highest BCUT2D eigenvalue weighted by atomic mass is 19.1. The van der Waals surface area contributed by atoms with Crippen molar-refractivity contribution in [3.05, 3.63) is 53.8 Å². The second-order valence-electron chi connectivity index (χ2n) is 4.25. The molecule has 106 valence electrons. The third kappa shape index (κ3) is 3.41. The van der Waals surface area contributed by atoms with Gasteiger partial charge in [0.2, 0.25) is 0 Å². The smallest absolute Gasteiger partial charge is 0.161 e. The van der Waals surface area contributed by atoms with Gasteiger partial charge in [0.15, 0.2) is 11.5 Å². The minimum atomic E-state index is -0.259. The molecule has 0 heterocycles. The van der Waals surface area contributed by atoms with Crippen molar-refractivity contribution in [3.63, 3.8) is 0 Å². The predicted octanol–water partition coefficient (Wildman–Crippen LogP) is 3.85. The molecule has 0 amide bonds. The van der Waals surface area contributed by atoms with E-state index in [1.54, 1.807) is 25.3 Å². The van der Waals surface area contributed by atoms with Gasteiger partial charge in [-0.1, -0.05) is 18.2 Å². The highest BCUT2D eigenvalue weighted by Crippen LogP contribution is 2.28. The number of anilines is 1. The van der Waals surface area contributed by atoms with E-state index < -0.39 is 0 Å². The zero-order chi connectivity index (χ0) is 14.4. The highest BCUT2D eigenvalue weighted by molar-refractivity contribution is 5.47. The van der Waals surface area contributed by atoms with Crippen LogP contribution in [-0.2, 0) is 6.54 Å². The van der Waals surface area contributed by atoms with Crippen LogP contribution in [0, 0.1) is 5.82 Å². The Bertz CT molecular complexity index is 572. The predicted molar refractivity (Wildman–Crippen MR) is 77.9 cm³/mol. The van der Waals surface area contributed by atoms with Crippen molar-refractivity contribution in [3.8, 4) is 11.5 Å². The molecule has 2 aromatic carbocycles. The van der Waals surface area contributed by atoms with Gasteiger partial charge in [0.05, 0.1) is 19.4 Å². The maximum atomic E-state index is 13.5. The molecule has 0 aliphatic rings. The van der Waals surface area contributed by atoms with Gasteiger partial charge in [0.25, 0.3) is 0 Å². The second kappa shape index (κ2) is 6.80. The first-order valence-electron chi connectivity index (χ1n) is 6.52. The summed E-state index contributed by atoms with van der Waals surface area (Å²) in [7, 11) is 1.60. The molecule has 0 fully saturated rings. The Morgan fingerprint density at radius 2 is 1.90 bits per heavy atom.